The van der Waals surface area contributed by atoms with Gasteiger partial charge in [-0.3, -0.25) is 9.03 Å². The lowest BCUT2D eigenvalue weighted by Crippen LogP contribution is -2.37. The average molecular weight is 449 g/mol. The number of methoxy groups -OCH3 is 1. The first-order valence-electron chi connectivity index (χ1n) is 8.30. The molecule has 0 aliphatic carbocycles. The summed E-state index contributed by atoms with van der Waals surface area (Å²) < 4.78 is 72.4. The van der Waals surface area contributed by atoms with E-state index in [-0.39, 0.29) is 39.3 Å². The molecule has 152 valence electrons. The number of sulfonamides is 2. The maximum Gasteiger partial charge on any atom is 0.265 e. The van der Waals surface area contributed by atoms with Crippen molar-refractivity contribution in [2.45, 2.75) is 17.7 Å². The van der Waals surface area contributed by atoms with Crippen LogP contribution in [0.5, 0.6) is 5.75 Å². The number of hydrogen-bond donors (Lipinski definition) is 1. The number of nitrogens with one attached hydrogen (secondary N) is 1. The Morgan fingerprint density at radius 3 is 2.57 bits per heavy atom. The lowest BCUT2D eigenvalue weighted by atomic mass is 10.2. The van der Waals surface area contributed by atoms with Gasteiger partial charge in [0.1, 0.15) is 16.5 Å². The Bertz CT molecular complexity index is 1110. The Hall–Kier alpha value is -2.04. The third-order valence-electron chi connectivity index (χ3n) is 4.25. The highest BCUT2D eigenvalue weighted by Crippen LogP contribution is 2.33. The highest BCUT2D eigenvalue weighted by molar-refractivity contribution is 7.93. The lowest BCUT2D eigenvalue weighted by Gasteiger charge is -2.28. The molecule has 2 aromatic carbocycles. The molecule has 1 aliphatic rings. The monoisotopic (exact) mass is 448 g/mol. The summed E-state index contributed by atoms with van der Waals surface area (Å²) in [6.45, 7) is 0.273. The normalized spacial score (nSPS) is 16.6. The first-order chi connectivity index (χ1) is 13.1. The minimum Gasteiger partial charge on any atom is -0.495 e. The second-order valence-electron chi connectivity index (χ2n) is 6.16. The summed E-state index contributed by atoms with van der Waals surface area (Å²) in [6, 6.07) is 7.54. The van der Waals surface area contributed by atoms with E-state index in [1.807, 2.05) is 0 Å². The van der Waals surface area contributed by atoms with E-state index in [0.717, 1.165) is 12.1 Å². The van der Waals surface area contributed by atoms with Crippen LogP contribution < -0.4 is 13.8 Å². The second kappa shape index (κ2) is 7.76. The molecule has 3 rings (SSSR count). The molecule has 1 saturated heterocycles. The Morgan fingerprint density at radius 2 is 1.93 bits per heavy atom. The number of hydrogen-bond acceptors (Lipinski definition) is 5. The molecule has 0 radical (unpaired) electrons. The molecule has 1 aliphatic heterocycles. The van der Waals surface area contributed by atoms with Gasteiger partial charge in [0.25, 0.3) is 10.0 Å². The van der Waals surface area contributed by atoms with E-state index in [4.69, 9.17) is 16.3 Å². The predicted molar refractivity (Wildman–Crippen MR) is 106 cm³/mol. The van der Waals surface area contributed by atoms with Gasteiger partial charge in [-0.15, -0.1) is 0 Å². The van der Waals surface area contributed by atoms with Crippen molar-refractivity contribution in [2.75, 3.05) is 28.4 Å². The van der Waals surface area contributed by atoms with E-state index in [2.05, 4.69) is 4.72 Å². The zero-order valence-corrected chi connectivity index (χ0v) is 17.2. The highest BCUT2D eigenvalue weighted by atomic mass is 35.5. The minimum atomic E-state index is -4.16. The van der Waals surface area contributed by atoms with Gasteiger partial charge in [-0.1, -0.05) is 11.6 Å². The third-order valence-corrected chi connectivity index (χ3v) is 7.81. The van der Waals surface area contributed by atoms with E-state index in [1.165, 1.54) is 35.7 Å². The largest absolute Gasteiger partial charge is 0.495 e. The van der Waals surface area contributed by atoms with Crippen LogP contribution in [0.2, 0.25) is 5.02 Å². The first kappa shape index (κ1) is 20.7. The molecule has 0 amide bonds. The molecule has 1 fully saturated rings. The van der Waals surface area contributed by atoms with Crippen LogP contribution in [0, 0.1) is 5.82 Å². The summed E-state index contributed by atoms with van der Waals surface area (Å²) in [5.74, 6) is -0.633. The molecule has 0 unspecified atom stereocenters. The van der Waals surface area contributed by atoms with E-state index in [0.29, 0.717) is 12.8 Å². The van der Waals surface area contributed by atoms with Crippen molar-refractivity contribution in [1.29, 1.82) is 0 Å². The molecule has 0 bridgehead atoms. The lowest BCUT2D eigenvalue weighted by molar-refractivity contribution is 0.403. The number of benzene rings is 2. The number of rotatable bonds is 5. The third kappa shape index (κ3) is 4.18. The summed E-state index contributed by atoms with van der Waals surface area (Å²) in [5.41, 5.74) is 0.294. The second-order valence-corrected chi connectivity index (χ2v) is 10.2. The van der Waals surface area contributed by atoms with E-state index in [9.17, 15) is 21.2 Å². The van der Waals surface area contributed by atoms with Gasteiger partial charge in [0.05, 0.1) is 29.3 Å². The van der Waals surface area contributed by atoms with E-state index < -0.39 is 25.9 Å². The molecule has 0 spiro atoms. The summed E-state index contributed by atoms with van der Waals surface area (Å²) in [6.07, 6.45) is 1.24. The van der Waals surface area contributed by atoms with Gasteiger partial charge < -0.3 is 4.74 Å². The number of anilines is 2. The van der Waals surface area contributed by atoms with Gasteiger partial charge in [0.2, 0.25) is 10.0 Å². The standard InChI is InChI=1S/C17H18ClFN2O5S2/c1-26-16-7-5-13(21-8-2-3-9-27(21,22)23)11-17(16)28(24,25)20-12-4-6-15(19)14(18)10-12/h4-7,10-11,20H,2-3,8-9H2,1H3. The summed E-state index contributed by atoms with van der Waals surface area (Å²) in [5, 5.41) is -0.236. The molecule has 0 aromatic heterocycles. The molecular weight excluding hydrogens is 431 g/mol. The van der Waals surface area contributed by atoms with Crippen LogP contribution in [0.25, 0.3) is 0 Å². The van der Waals surface area contributed by atoms with Crippen LogP contribution >= 0.6 is 11.6 Å². The fourth-order valence-electron chi connectivity index (χ4n) is 2.88. The van der Waals surface area contributed by atoms with Crippen molar-refractivity contribution in [3.63, 3.8) is 0 Å². The average Bonchev–Trinajstić information content (AvgIpc) is 2.64. The fourth-order valence-corrected chi connectivity index (χ4v) is 5.93. The minimum absolute atomic E-state index is 0.00738. The van der Waals surface area contributed by atoms with Crippen molar-refractivity contribution in [3.05, 3.63) is 47.2 Å². The van der Waals surface area contributed by atoms with Gasteiger partial charge in [0.15, 0.2) is 0 Å². The Kier molecular flexibility index (Phi) is 5.74. The number of nitrogens with zero attached hydrogens (tertiary/aromatic N) is 1. The van der Waals surface area contributed by atoms with Crippen LogP contribution in [0.1, 0.15) is 12.8 Å². The molecule has 0 atom stereocenters. The molecule has 1 N–H and O–H groups in total. The predicted octanol–water partition coefficient (Wildman–Crippen LogP) is 3.22. The topological polar surface area (TPSA) is 92.8 Å². The van der Waals surface area contributed by atoms with Crippen LogP contribution in [-0.4, -0.2) is 36.2 Å². The van der Waals surface area contributed by atoms with Gasteiger partial charge >= 0.3 is 0 Å². The Labute approximate surface area is 168 Å². The number of halogens is 2. The van der Waals surface area contributed by atoms with Gasteiger partial charge in [0, 0.05) is 6.54 Å². The molecule has 7 nitrogen and oxygen atoms in total. The van der Waals surface area contributed by atoms with Crippen molar-refractivity contribution in [1.82, 2.24) is 0 Å². The molecule has 1 heterocycles. The van der Waals surface area contributed by atoms with Gasteiger partial charge in [-0.2, -0.15) is 0 Å². The molecule has 11 heteroatoms. The quantitative estimate of drug-likeness (QED) is 0.758. The zero-order valence-electron chi connectivity index (χ0n) is 14.9. The van der Waals surface area contributed by atoms with Crippen LogP contribution in [-0.2, 0) is 20.0 Å². The molecule has 0 saturated carbocycles. The summed E-state index contributed by atoms with van der Waals surface area (Å²) >= 11 is 5.70. The molecule has 2 aromatic rings. The van der Waals surface area contributed by atoms with E-state index in [1.54, 1.807) is 0 Å². The van der Waals surface area contributed by atoms with Crippen LogP contribution in [0.4, 0.5) is 15.8 Å². The fraction of sp³-hybridized carbons (Fsp3) is 0.294. The number of ether oxygens (including phenoxy) is 1. The molecule has 28 heavy (non-hydrogen) atoms. The maximum atomic E-state index is 13.3. The van der Waals surface area contributed by atoms with E-state index >= 15 is 0 Å². The van der Waals surface area contributed by atoms with Crippen molar-refractivity contribution < 1.29 is 26.0 Å². The SMILES string of the molecule is COc1ccc(N2CCCCS2(=O)=O)cc1S(=O)(=O)Nc1ccc(F)c(Cl)c1. The molecular formula is C17H18ClFN2O5S2. The van der Waals surface area contributed by atoms with Crippen molar-refractivity contribution in [3.8, 4) is 5.75 Å². The Balaban J connectivity index is 2.02. The van der Waals surface area contributed by atoms with Gasteiger partial charge in [-0.05, 0) is 49.2 Å². The van der Waals surface area contributed by atoms with Gasteiger partial charge in [-0.25, -0.2) is 21.2 Å². The Morgan fingerprint density at radius 1 is 1.18 bits per heavy atom. The highest BCUT2D eigenvalue weighted by Gasteiger charge is 2.28. The summed E-state index contributed by atoms with van der Waals surface area (Å²) in [7, 11) is -6.37. The summed E-state index contributed by atoms with van der Waals surface area (Å²) in [4.78, 5) is -0.242. The zero-order chi connectivity index (χ0) is 20.5. The van der Waals surface area contributed by atoms with Crippen LogP contribution in [0.3, 0.4) is 0 Å². The van der Waals surface area contributed by atoms with Crippen LogP contribution in [0.15, 0.2) is 41.3 Å². The first-order valence-corrected chi connectivity index (χ1v) is 11.8. The smallest absolute Gasteiger partial charge is 0.265 e. The van der Waals surface area contributed by atoms with Crippen molar-refractivity contribution >= 4 is 43.0 Å². The van der Waals surface area contributed by atoms with Crippen molar-refractivity contribution in [2.24, 2.45) is 0 Å². The maximum absolute atomic E-state index is 13.3.